The van der Waals surface area contributed by atoms with Gasteiger partial charge in [0.2, 0.25) is 5.91 Å². The molecular weight excluding hydrogens is 502 g/mol. The maximum Gasteiger partial charge on any atom is 0.239 e. The van der Waals surface area contributed by atoms with Crippen molar-refractivity contribution in [1.82, 2.24) is 19.7 Å². The van der Waals surface area contributed by atoms with Gasteiger partial charge in [0.1, 0.15) is 11.6 Å². The molecule has 0 spiro atoms. The molecule has 0 fully saturated rings. The van der Waals surface area contributed by atoms with Gasteiger partial charge in [-0.25, -0.2) is 13.4 Å². The van der Waals surface area contributed by atoms with Gasteiger partial charge in [-0.05, 0) is 32.9 Å². The Morgan fingerprint density at radius 1 is 1.11 bits per heavy atom. The molecule has 0 saturated carbocycles. The largest absolute Gasteiger partial charge is 0.305 e. The SMILES string of the molecule is CCn1c(CS(=O)(=O)c2ccc(C)cc2)nnc1SC(C)C(=O)Nc1nc(-c2ccccc2)cs1. The normalized spacial score (nSPS) is 12.4. The van der Waals surface area contributed by atoms with Crippen LogP contribution in [0.4, 0.5) is 5.13 Å². The molecule has 11 heteroatoms. The Bertz CT molecular complexity index is 1410. The van der Waals surface area contributed by atoms with Gasteiger partial charge in [0.25, 0.3) is 0 Å². The van der Waals surface area contributed by atoms with Crippen molar-refractivity contribution in [1.29, 1.82) is 0 Å². The van der Waals surface area contributed by atoms with E-state index in [1.807, 2.05) is 49.6 Å². The first-order chi connectivity index (χ1) is 16.8. The zero-order valence-electron chi connectivity index (χ0n) is 19.5. The molecule has 0 bridgehead atoms. The summed E-state index contributed by atoms with van der Waals surface area (Å²) in [5.74, 6) is -0.140. The highest BCUT2D eigenvalue weighted by molar-refractivity contribution is 8.00. The van der Waals surface area contributed by atoms with E-state index in [0.717, 1.165) is 16.8 Å². The Morgan fingerprint density at radius 2 is 1.83 bits per heavy atom. The number of anilines is 1. The third kappa shape index (κ3) is 5.98. The van der Waals surface area contributed by atoms with Crippen molar-refractivity contribution in [3.63, 3.8) is 0 Å². The standard InChI is InChI=1S/C24H25N5O3S3/c1-4-29-21(15-35(31,32)19-12-10-16(2)11-13-19)27-28-24(29)34-17(3)22(30)26-23-25-20(14-33-23)18-8-6-5-7-9-18/h5-14,17H,4,15H2,1-3H3,(H,25,26,30). The van der Waals surface area contributed by atoms with Gasteiger partial charge in [0, 0.05) is 17.5 Å². The van der Waals surface area contributed by atoms with Gasteiger partial charge in [0.05, 0.1) is 15.8 Å². The predicted molar refractivity (Wildman–Crippen MR) is 139 cm³/mol. The summed E-state index contributed by atoms with van der Waals surface area (Å²) < 4.78 is 27.5. The number of sulfone groups is 1. The maximum atomic E-state index is 12.9. The van der Waals surface area contributed by atoms with E-state index in [4.69, 9.17) is 0 Å². The van der Waals surface area contributed by atoms with Gasteiger partial charge in [0.15, 0.2) is 20.1 Å². The first-order valence-corrected chi connectivity index (χ1v) is 14.4. The molecular formula is C24H25N5O3S3. The van der Waals surface area contributed by atoms with Gasteiger partial charge in [-0.15, -0.1) is 21.5 Å². The molecule has 4 rings (SSSR count). The Morgan fingerprint density at radius 3 is 2.51 bits per heavy atom. The van der Waals surface area contributed by atoms with Crippen LogP contribution in [0.5, 0.6) is 0 Å². The molecule has 1 amide bonds. The monoisotopic (exact) mass is 527 g/mol. The van der Waals surface area contributed by atoms with Crippen LogP contribution in [-0.2, 0) is 26.9 Å². The number of rotatable bonds is 9. The Balaban J connectivity index is 1.43. The molecule has 0 saturated heterocycles. The molecule has 182 valence electrons. The second-order valence-corrected chi connectivity index (χ2v) is 12.0. The van der Waals surface area contributed by atoms with Crippen LogP contribution >= 0.6 is 23.1 Å². The van der Waals surface area contributed by atoms with Crippen LogP contribution in [0.15, 0.2) is 70.0 Å². The Hall–Kier alpha value is -3.02. The van der Waals surface area contributed by atoms with E-state index >= 15 is 0 Å². The number of hydrogen-bond donors (Lipinski definition) is 1. The smallest absolute Gasteiger partial charge is 0.239 e. The summed E-state index contributed by atoms with van der Waals surface area (Å²) >= 11 is 2.59. The predicted octanol–water partition coefficient (Wildman–Crippen LogP) is 4.82. The molecule has 2 aromatic heterocycles. The summed E-state index contributed by atoms with van der Waals surface area (Å²) in [7, 11) is -3.57. The summed E-state index contributed by atoms with van der Waals surface area (Å²) in [5.41, 5.74) is 2.77. The van der Waals surface area contributed by atoms with Crippen LogP contribution in [0.25, 0.3) is 11.3 Å². The fourth-order valence-corrected chi connectivity index (χ4v) is 6.25. The quantitative estimate of drug-likeness (QED) is 0.311. The number of thiazole rings is 1. The van der Waals surface area contributed by atoms with E-state index in [-0.39, 0.29) is 16.6 Å². The molecule has 35 heavy (non-hydrogen) atoms. The van der Waals surface area contributed by atoms with Gasteiger partial charge in [-0.1, -0.05) is 59.8 Å². The van der Waals surface area contributed by atoms with E-state index in [9.17, 15) is 13.2 Å². The molecule has 1 atom stereocenters. The minimum atomic E-state index is -3.57. The van der Waals surface area contributed by atoms with Crippen molar-refractivity contribution in [2.45, 2.75) is 48.4 Å². The molecule has 0 radical (unpaired) electrons. The van der Waals surface area contributed by atoms with Crippen molar-refractivity contribution in [3.05, 3.63) is 71.4 Å². The fourth-order valence-electron chi connectivity index (χ4n) is 3.32. The van der Waals surface area contributed by atoms with Crippen molar-refractivity contribution < 1.29 is 13.2 Å². The first-order valence-electron chi connectivity index (χ1n) is 11.0. The van der Waals surface area contributed by atoms with Crippen LogP contribution in [0.3, 0.4) is 0 Å². The van der Waals surface area contributed by atoms with Crippen molar-refractivity contribution >= 4 is 44.0 Å². The van der Waals surface area contributed by atoms with Crippen LogP contribution in [-0.4, -0.2) is 39.3 Å². The number of aryl methyl sites for hydroxylation is 1. The van der Waals surface area contributed by atoms with Crippen LogP contribution in [0, 0.1) is 6.92 Å². The number of benzene rings is 2. The van der Waals surface area contributed by atoms with E-state index in [0.29, 0.717) is 22.7 Å². The van der Waals surface area contributed by atoms with Gasteiger partial charge >= 0.3 is 0 Å². The average Bonchev–Trinajstić information content (AvgIpc) is 3.46. The van der Waals surface area contributed by atoms with Crippen molar-refractivity contribution in [2.75, 3.05) is 5.32 Å². The van der Waals surface area contributed by atoms with Gasteiger partial charge in [-0.2, -0.15) is 0 Å². The molecule has 1 N–H and O–H groups in total. The maximum absolute atomic E-state index is 12.9. The van der Waals surface area contributed by atoms with Crippen LogP contribution < -0.4 is 5.32 Å². The highest BCUT2D eigenvalue weighted by Gasteiger charge is 2.24. The number of thioether (sulfide) groups is 1. The average molecular weight is 528 g/mol. The van der Waals surface area contributed by atoms with Crippen molar-refractivity contribution in [2.24, 2.45) is 0 Å². The lowest BCUT2D eigenvalue weighted by Crippen LogP contribution is -2.23. The summed E-state index contributed by atoms with van der Waals surface area (Å²) in [6.07, 6.45) is 0. The van der Waals surface area contributed by atoms with Crippen LogP contribution in [0.2, 0.25) is 0 Å². The summed E-state index contributed by atoms with van der Waals surface area (Å²) in [4.78, 5) is 17.5. The summed E-state index contributed by atoms with van der Waals surface area (Å²) in [6.45, 7) is 6.04. The number of carbonyl (C=O) groups excluding carboxylic acids is 1. The number of carbonyl (C=O) groups is 1. The fraction of sp³-hybridized carbons (Fsp3) is 0.250. The molecule has 0 aliphatic rings. The van der Waals surface area contributed by atoms with Gasteiger partial charge < -0.3 is 9.88 Å². The molecule has 8 nitrogen and oxygen atoms in total. The third-order valence-electron chi connectivity index (χ3n) is 5.26. The zero-order valence-corrected chi connectivity index (χ0v) is 22.0. The van der Waals surface area contributed by atoms with E-state index in [1.54, 1.807) is 35.8 Å². The Labute approximate surface area is 212 Å². The third-order valence-corrected chi connectivity index (χ3v) is 8.73. The lowest BCUT2D eigenvalue weighted by atomic mass is 10.2. The van der Waals surface area contributed by atoms with Crippen LogP contribution in [0.1, 0.15) is 25.2 Å². The van der Waals surface area contributed by atoms with E-state index in [1.165, 1.54) is 23.1 Å². The Kier molecular flexibility index (Phi) is 7.68. The molecule has 4 aromatic rings. The lowest BCUT2D eigenvalue weighted by molar-refractivity contribution is -0.115. The summed E-state index contributed by atoms with van der Waals surface area (Å²) in [6, 6.07) is 16.5. The minimum Gasteiger partial charge on any atom is -0.305 e. The highest BCUT2D eigenvalue weighted by atomic mass is 32.2. The second kappa shape index (κ2) is 10.7. The zero-order chi connectivity index (χ0) is 25.0. The molecule has 0 aliphatic carbocycles. The number of nitrogens with one attached hydrogen (secondary N) is 1. The molecule has 0 aliphatic heterocycles. The molecule has 1 unspecified atom stereocenters. The highest BCUT2D eigenvalue weighted by Crippen LogP contribution is 2.28. The van der Waals surface area contributed by atoms with Crippen molar-refractivity contribution in [3.8, 4) is 11.3 Å². The lowest BCUT2D eigenvalue weighted by Gasteiger charge is -2.12. The number of aromatic nitrogens is 4. The van der Waals surface area contributed by atoms with Gasteiger partial charge in [-0.3, -0.25) is 4.79 Å². The number of amides is 1. The summed E-state index contributed by atoms with van der Waals surface area (Å²) in [5, 5.41) is 13.6. The minimum absolute atomic E-state index is 0.219. The second-order valence-electron chi connectivity index (χ2n) is 7.87. The number of hydrogen-bond acceptors (Lipinski definition) is 8. The van der Waals surface area contributed by atoms with E-state index in [2.05, 4.69) is 20.5 Å². The first kappa shape index (κ1) is 25.1. The number of nitrogens with zero attached hydrogens (tertiary/aromatic N) is 4. The molecule has 2 heterocycles. The topological polar surface area (TPSA) is 107 Å². The van der Waals surface area contributed by atoms with E-state index < -0.39 is 15.1 Å². The molecule has 2 aromatic carbocycles.